The average molecular weight is 240 g/mol. The maximum atomic E-state index is 11.0. The van der Waals surface area contributed by atoms with Crippen LogP contribution in [-0.2, 0) is 11.3 Å². The van der Waals surface area contributed by atoms with Gasteiger partial charge in [0.05, 0.1) is 12.1 Å². The van der Waals surface area contributed by atoms with Gasteiger partial charge in [0.2, 0.25) is 5.62 Å². The fraction of sp³-hybridized carbons (Fsp3) is 0.154. The van der Waals surface area contributed by atoms with E-state index in [0.29, 0.717) is 12.1 Å². The second kappa shape index (κ2) is 3.80. The molecule has 0 saturated carbocycles. The Kier molecular flexibility index (Phi) is 2.26. The molecule has 0 spiro atoms. The lowest BCUT2D eigenvalue weighted by Crippen LogP contribution is -2.30. The Morgan fingerprint density at radius 1 is 1.44 bits per heavy atom. The molecule has 0 saturated heterocycles. The highest BCUT2D eigenvalue weighted by Crippen LogP contribution is 2.25. The highest BCUT2D eigenvalue weighted by Gasteiger charge is 2.17. The van der Waals surface area contributed by atoms with Crippen molar-refractivity contribution in [3.63, 3.8) is 0 Å². The molecule has 90 valence electrons. The molecule has 2 heterocycles. The summed E-state index contributed by atoms with van der Waals surface area (Å²) < 4.78 is 1.71. The summed E-state index contributed by atoms with van der Waals surface area (Å²) in [6.45, 7) is 2.26. The van der Waals surface area contributed by atoms with E-state index >= 15 is 0 Å². The van der Waals surface area contributed by atoms with Crippen LogP contribution in [-0.4, -0.2) is 15.8 Å². The van der Waals surface area contributed by atoms with Crippen molar-refractivity contribution in [3.8, 4) is 0 Å². The van der Waals surface area contributed by atoms with Crippen LogP contribution in [0.25, 0.3) is 10.9 Å². The molecule has 5 nitrogen and oxygen atoms in total. The average Bonchev–Trinajstić information content (AvgIpc) is 2.38. The number of carbonyl (C=O) groups is 1. The number of para-hydroxylation sites is 1. The number of aldehydes is 1. The molecule has 18 heavy (non-hydrogen) atoms. The number of hydrogen-bond donors (Lipinski definition) is 2. The molecule has 0 atom stereocenters. The van der Waals surface area contributed by atoms with E-state index in [-0.39, 0.29) is 5.62 Å². The van der Waals surface area contributed by atoms with Gasteiger partial charge in [-0.2, -0.15) is 0 Å². The fourth-order valence-corrected chi connectivity index (χ4v) is 2.16. The monoisotopic (exact) mass is 240 g/mol. The van der Waals surface area contributed by atoms with Gasteiger partial charge < -0.3 is 5.32 Å². The first kappa shape index (κ1) is 10.7. The Morgan fingerprint density at radius 3 is 3.00 bits per heavy atom. The number of anilines is 1. The predicted octanol–water partition coefficient (Wildman–Crippen LogP) is 1.41. The van der Waals surface area contributed by atoms with Crippen molar-refractivity contribution in [1.82, 2.24) is 9.55 Å². The van der Waals surface area contributed by atoms with Crippen molar-refractivity contribution in [1.29, 1.82) is 5.41 Å². The van der Waals surface area contributed by atoms with E-state index in [9.17, 15) is 4.79 Å². The van der Waals surface area contributed by atoms with E-state index in [4.69, 9.17) is 5.41 Å². The van der Waals surface area contributed by atoms with Gasteiger partial charge in [-0.15, -0.1) is 0 Å². The molecule has 1 aromatic heterocycles. The number of benzene rings is 1. The van der Waals surface area contributed by atoms with Crippen LogP contribution in [0.2, 0.25) is 0 Å². The minimum Gasteiger partial charge on any atom is -0.344 e. The number of aromatic nitrogens is 2. The second-order valence-electron chi connectivity index (χ2n) is 4.28. The largest absolute Gasteiger partial charge is 0.344 e. The Bertz CT molecular complexity index is 742. The molecule has 0 aliphatic carbocycles. The Morgan fingerprint density at radius 2 is 2.22 bits per heavy atom. The van der Waals surface area contributed by atoms with Crippen molar-refractivity contribution in [2.75, 3.05) is 5.32 Å². The minimum absolute atomic E-state index is 0.156. The molecule has 1 aliphatic rings. The van der Waals surface area contributed by atoms with Gasteiger partial charge >= 0.3 is 0 Å². The maximum absolute atomic E-state index is 11.0. The molecule has 2 aromatic rings. The normalized spacial score (nSPS) is 14.3. The number of hydrogen-bond acceptors (Lipinski definition) is 4. The number of nitrogens with zero attached hydrogens (tertiary/aromatic N) is 2. The van der Waals surface area contributed by atoms with Gasteiger partial charge in [0.15, 0.2) is 0 Å². The predicted molar refractivity (Wildman–Crippen MR) is 68.0 cm³/mol. The Balaban J connectivity index is 2.34. The highest BCUT2D eigenvalue weighted by molar-refractivity contribution is 5.91. The maximum Gasteiger partial charge on any atom is 0.224 e. The van der Waals surface area contributed by atoms with Gasteiger partial charge in [0.1, 0.15) is 12.1 Å². The van der Waals surface area contributed by atoms with E-state index in [1.54, 1.807) is 4.57 Å². The number of fused-ring (bicyclic) bond motifs is 3. The summed E-state index contributed by atoms with van der Waals surface area (Å²) >= 11 is 0. The Hall–Kier alpha value is -2.43. The molecule has 3 rings (SSSR count). The van der Waals surface area contributed by atoms with Crippen LogP contribution in [0.3, 0.4) is 0 Å². The zero-order valence-electron chi connectivity index (χ0n) is 9.90. The van der Waals surface area contributed by atoms with Gasteiger partial charge in [-0.25, -0.2) is 4.98 Å². The van der Waals surface area contributed by atoms with Gasteiger partial charge in [-0.05, 0) is 19.1 Å². The fourth-order valence-electron chi connectivity index (χ4n) is 2.16. The molecule has 0 fully saturated rings. The summed E-state index contributed by atoms with van der Waals surface area (Å²) in [5.74, 6) is 0.828. The van der Waals surface area contributed by atoms with Crippen LogP contribution in [0.4, 0.5) is 5.82 Å². The third kappa shape index (κ3) is 1.44. The molecule has 0 radical (unpaired) electrons. The molecule has 0 bridgehead atoms. The molecular weight excluding hydrogens is 228 g/mol. The van der Waals surface area contributed by atoms with Crippen LogP contribution in [0, 0.1) is 5.41 Å². The molecule has 2 N–H and O–H groups in total. The summed E-state index contributed by atoms with van der Waals surface area (Å²) in [5.41, 5.74) is 2.42. The lowest BCUT2D eigenvalue weighted by molar-refractivity contribution is -0.105. The summed E-state index contributed by atoms with van der Waals surface area (Å²) in [6, 6.07) is 7.67. The minimum atomic E-state index is 0.156. The van der Waals surface area contributed by atoms with Crippen molar-refractivity contribution in [3.05, 3.63) is 41.2 Å². The number of carbonyl (C=O) groups excluding carboxylic acids is 1. The van der Waals surface area contributed by atoms with E-state index in [1.807, 2.05) is 31.2 Å². The zero-order chi connectivity index (χ0) is 12.7. The molecule has 1 aliphatic heterocycles. The van der Waals surface area contributed by atoms with Crippen LogP contribution in [0.15, 0.2) is 35.5 Å². The smallest absolute Gasteiger partial charge is 0.224 e. The third-order valence-corrected chi connectivity index (χ3v) is 3.17. The topological polar surface area (TPSA) is 70.8 Å². The van der Waals surface area contributed by atoms with Crippen molar-refractivity contribution < 1.29 is 4.79 Å². The van der Waals surface area contributed by atoms with Gasteiger partial charge in [-0.3, -0.25) is 14.8 Å². The quantitative estimate of drug-likeness (QED) is 0.740. The Labute approximate surface area is 103 Å². The summed E-state index contributed by atoms with van der Waals surface area (Å²) in [5, 5.41) is 12.1. The molecule has 0 unspecified atom stereocenters. The lowest BCUT2D eigenvalue weighted by atomic mass is 10.1. The molecule has 0 amide bonds. The number of nitrogens with one attached hydrogen (secondary N) is 2. The number of allylic oxidation sites excluding steroid dienone is 2. The first-order valence-electron chi connectivity index (χ1n) is 5.67. The van der Waals surface area contributed by atoms with Crippen molar-refractivity contribution >= 4 is 23.0 Å². The highest BCUT2D eigenvalue weighted by atomic mass is 16.1. The van der Waals surface area contributed by atoms with Crippen LogP contribution < -0.4 is 10.9 Å². The van der Waals surface area contributed by atoms with E-state index in [2.05, 4.69) is 10.3 Å². The first-order chi connectivity index (χ1) is 8.70. The second-order valence-corrected chi connectivity index (χ2v) is 4.28. The van der Waals surface area contributed by atoms with Crippen molar-refractivity contribution in [2.24, 2.45) is 0 Å². The zero-order valence-corrected chi connectivity index (χ0v) is 9.90. The summed E-state index contributed by atoms with van der Waals surface area (Å²) in [7, 11) is 0. The molecule has 1 aromatic carbocycles. The van der Waals surface area contributed by atoms with Crippen molar-refractivity contribution in [2.45, 2.75) is 13.5 Å². The van der Waals surface area contributed by atoms with E-state index in [0.717, 1.165) is 28.7 Å². The van der Waals surface area contributed by atoms with E-state index in [1.165, 1.54) is 0 Å². The van der Waals surface area contributed by atoms with Crippen LogP contribution >= 0.6 is 0 Å². The third-order valence-electron chi connectivity index (χ3n) is 3.17. The molecule has 5 heteroatoms. The van der Waals surface area contributed by atoms with Crippen LogP contribution in [0.1, 0.15) is 6.92 Å². The summed E-state index contributed by atoms with van der Waals surface area (Å²) in [4.78, 5) is 15.2. The SMILES string of the molecule is CC1=C(C=O)Cn2c(c3ccccc3nc2=N)N1. The summed E-state index contributed by atoms with van der Waals surface area (Å²) in [6.07, 6.45) is 0.826. The van der Waals surface area contributed by atoms with Gasteiger partial charge in [0, 0.05) is 16.7 Å². The van der Waals surface area contributed by atoms with Crippen LogP contribution in [0.5, 0.6) is 0 Å². The van der Waals surface area contributed by atoms with E-state index < -0.39 is 0 Å². The first-order valence-corrected chi connectivity index (χ1v) is 5.67. The number of rotatable bonds is 1. The van der Waals surface area contributed by atoms with Gasteiger partial charge in [0.25, 0.3) is 0 Å². The molecular formula is C13H12N4O. The standard InChI is InChI=1S/C13H12N4O/c1-8-9(7-18)6-17-12(15-8)10-4-2-3-5-11(10)16-13(17)14/h2-5,7,14-15H,6H2,1H3. The lowest BCUT2D eigenvalue weighted by Gasteiger charge is -2.23. The van der Waals surface area contributed by atoms with Gasteiger partial charge in [-0.1, -0.05) is 12.1 Å².